The minimum atomic E-state index is 0.896. The maximum atomic E-state index is 4.82. The molecular weight excluding hydrogens is 468 g/mol. The molecule has 2 N–H and O–H groups in total. The van der Waals surface area contributed by atoms with Crippen molar-refractivity contribution in [2.24, 2.45) is 9.98 Å². The summed E-state index contributed by atoms with van der Waals surface area (Å²) >= 11 is 3.47. The van der Waals surface area contributed by atoms with Crippen LogP contribution in [-0.4, -0.2) is 21.8 Å². The Kier molecular flexibility index (Phi) is 9.89. The molecule has 4 rings (SSSR count). The van der Waals surface area contributed by atoms with Crippen LogP contribution in [0.5, 0.6) is 0 Å². The van der Waals surface area contributed by atoms with Gasteiger partial charge in [-0.3, -0.25) is 0 Å². The molecule has 0 bridgehead atoms. The SMILES string of the molecule is c1ccc(N=C(Nc2ccccc2)SCCCSC(=Nc2ccccc2)Nc2ccccc2)cc1. The van der Waals surface area contributed by atoms with Crippen molar-refractivity contribution in [1.82, 2.24) is 0 Å². The monoisotopic (exact) mass is 496 g/mol. The summed E-state index contributed by atoms with van der Waals surface area (Å²) in [6.07, 6.45) is 1.02. The van der Waals surface area contributed by atoms with Gasteiger partial charge in [0.1, 0.15) is 0 Å². The third-order valence-corrected chi connectivity index (χ3v) is 6.71. The lowest BCUT2D eigenvalue weighted by Crippen LogP contribution is -2.10. The van der Waals surface area contributed by atoms with Crippen LogP contribution in [-0.2, 0) is 0 Å². The van der Waals surface area contributed by atoms with E-state index in [4.69, 9.17) is 9.98 Å². The van der Waals surface area contributed by atoms with E-state index in [1.165, 1.54) is 0 Å². The fraction of sp³-hybridized carbons (Fsp3) is 0.103. The molecule has 4 nitrogen and oxygen atoms in total. The molecule has 4 aromatic carbocycles. The molecule has 0 radical (unpaired) electrons. The van der Waals surface area contributed by atoms with E-state index in [0.717, 1.165) is 51.0 Å². The lowest BCUT2D eigenvalue weighted by Gasteiger charge is -2.11. The van der Waals surface area contributed by atoms with Gasteiger partial charge in [0, 0.05) is 22.9 Å². The highest BCUT2D eigenvalue weighted by Gasteiger charge is 2.05. The van der Waals surface area contributed by atoms with Gasteiger partial charge >= 0.3 is 0 Å². The first-order valence-electron chi connectivity index (χ1n) is 11.5. The summed E-state index contributed by atoms with van der Waals surface area (Å²) in [5, 5.41) is 8.72. The molecule has 0 aliphatic rings. The van der Waals surface area contributed by atoms with Crippen LogP contribution in [0.2, 0.25) is 0 Å². The highest BCUT2D eigenvalue weighted by Crippen LogP contribution is 2.21. The number of para-hydroxylation sites is 4. The van der Waals surface area contributed by atoms with E-state index in [-0.39, 0.29) is 0 Å². The number of nitrogens with zero attached hydrogens (tertiary/aromatic N) is 2. The summed E-state index contributed by atoms with van der Waals surface area (Å²) in [7, 11) is 0. The number of benzene rings is 4. The summed E-state index contributed by atoms with van der Waals surface area (Å²) in [4.78, 5) is 9.65. The van der Waals surface area contributed by atoms with Crippen LogP contribution >= 0.6 is 23.5 Å². The number of amidine groups is 2. The molecule has 0 heterocycles. The van der Waals surface area contributed by atoms with E-state index in [2.05, 4.69) is 34.9 Å². The molecule has 35 heavy (non-hydrogen) atoms. The molecule has 0 amide bonds. The Bertz CT molecular complexity index is 1100. The van der Waals surface area contributed by atoms with Crippen molar-refractivity contribution in [3.63, 3.8) is 0 Å². The van der Waals surface area contributed by atoms with Crippen LogP contribution < -0.4 is 10.6 Å². The number of hydrogen-bond acceptors (Lipinski definition) is 4. The van der Waals surface area contributed by atoms with Gasteiger partial charge in [0.15, 0.2) is 10.3 Å². The Morgan fingerprint density at radius 2 is 0.829 bits per heavy atom. The molecule has 176 valence electrons. The largest absolute Gasteiger partial charge is 0.335 e. The second-order valence-corrected chi connectivity index (χ2v) is 9.70. The molecule has 0 atom stereocenters. The summed E-state index contributed by atoms with van der Waals surface area (Å²) in [6, 6.07) is 40.5. The zero-order valence-corrected chi connectivity index (χ0v) is 21.0. The van der Waals surface area contributed by atoms with Crippen LogP contribution in [0, 0.1) is 0 Å². The van der Waals surface area contributed by atoms with E-state index < -0.39 is 0 Å². The van der Waals surface area contributed by atoms with E-state index in [9.17, 15) is 0 Å². The summed E-state index contributed by atoms with van der Waals surface area (Å²) < 4.78 is 0. The minimum absolute atomic E-state index is 0.896. The van der Waals surface area contributed by atoms with Gasteiger partial charge in [0.2, 0.25) is 0 Å². The molecule has 0 spiro atoms. The topological polar surface area (TPSA) is 48.8 Å². The average molecular weight is 497 g/mol. The number of rotatable bonds is 8. The van der Waals surface area contributed by atoms with Crippen molar-refractivity contribution in [2.45, 2.75) is 6.42 Å². The Labute approximate surface area is 216 Å². The summed E-state index contributed by atoms with van der Waals surface area (Å²) in [5.74, 6) is 1.89. The Morgan fingerprint density at radius 3 is 1.20 bits per heavy atom. The van der Waals surface area contributed by atoms with E-state index in [0.29, 0.717) is 0 Å². The van der Waals surface area contributed by atoms with Crippen molar-refractivity contribution in [2.75, 3.05) is 22.1 Å². The number of anilines is 2. The van der Waals surface area contributed by atoms with Crippen LogP contribution in [0.15, 0.2) is 131 Å². The molecule has 0 saturated carbocycles. The first-order valence-corrected chi connectivity index (χ1v) is 13.5. The summed E-state index contributed by atoms with van der Waals surface area (Å²) in [5.41, 5.74) is 3.95. The maximum absolute atomic E-state index is 4.82. The highest BCUT2D eigenvalue weighted by molar-refractivity contribution is 8.15. The van der Waals surface area contributed by atoms with Gasteiger partial charge in [-0.1, -0.05) is 96.3 Å². The second kappa shape index (κ2) is 14.0. The van der Waals surface area contributed by atoms with Crippen molar-refractivity contribution in [3.05, 3.63) is 121 Å². The lowest BCUT2D eigenvalue weighted by atomic mass is 10.3. The second-order valence-electron chi connectivity index (χ2n) is 7.54. The van der Waals surface area contributed by atoms with E-state index >= 15 is 0 Å². The average Bonchev–Trinajstić information content (AvgIpc) is 2.91. The molecule has 0 aromatic heterocycles. The van der Waals surface area contributed by atoms with Crippen molar-refractivity contribution >= 4 is 56.6 Å². The van der Waals surface area contributed by atoms with E-state index in [1.807, 2.05) is 97.1 Å². The molecule has 6 heteroatoms. The van der Waals surface area contributed by atoms with Gasteiger partial charge in [-0.05, 0) is 55.0 Å². The number of hydrogen-bond donors (Lipinski definition) is 2. The van der Waals surface area contributed by atoms with Crippen LogP contribution in [0.4, 0.5) is 22.7 Å². The smallest absolute Gasteiger partial charge is 0.166 e. The lowest BCUT2D eigenvalue weighted by molar-refractivity contribution is 1.13. The van der Waals surface area contributed by atoms with Gasteiger partial charge in [-0.25, -0.2) is 9.98 Å². The molecule has 0 saturated heterocycles. The molecule has 0 unspecified atom stereocenters. The van der Waals surface area contributed by atoms with Gasteiger partial charge in [-0.2, -0.15) is 0 Å². The molecule has 0 fully saturated rings. The zero-order valence-electron chi connectivity index (χ0n) is 19.4. The van der Waals surface area contributed by atoms with Gasteiger partial charge in [0.05, 0.1) is 11.4 Å². The van der Waals surface area contributed by atoms with Gasteiger partial charge in [0.25, 0.3) is 0 Å². The third kappa shape index (κ3) is 9.00. The fourth-order valence-electron chi connectivity index (χ4n) is 3.12. The molecule has 0 aliphatic heterocycles. The molecular formula is C29H28N4S2. The van der Waals surface area contributed by atoms with Crippen LogP contribution in [0.1, 0.15) is 6.42 Å². The Balaban J connectivity index is 1.35. The van der Waals surface area contributed by atoms with Crippen molar-refractivity contribution in [1.29, 1.82) is 0 Å². The van der Waals surface area contributed by atoms with Gasteiger partial charge < -0.3 is 10.6 Å². The van der Waals surface area contributed by atoms with E-state index in [1.54, 1.807) is 23.5 Å². The van der Waals surface area contributed by atoms with Gasteiger partial charge in [-0.15, -0.1) is 0 Å². The standard InChI is InChI=1S/C29H28N4S2/c1-5-14-24(15-6-1)30-28(31-25-16-7-2-8-17-25)34-22-13-23-35-29(32-26-18-9-3-10-19-26)33-27-20-11-4-12-21-27/h1-12,14-21H,13,22-23H2,(H,30,31)(H,32,33). The normalized spacial score (nSPS) is 11.8. The Morgan fingerprint density at radius 1 is 0.486 bits per heavy atom. The molecule has 0 aliphatic carbocycles. The first-order chi connectivity index (χ1) is 17.3. The summed E-state index contributed by atoms with van der Waals surface area (Å²) in [6.45, 7) is 0. The van der Waals surface area contributed by atoms with Crippen LogP contribution in [0.3, 0.4) is 0 Å². The molecule has 4 aromatic rings. The first kappa shape index (κ1) is 24.6. The third-order valence-electron chi connectivity index (χ3n) is 4.79. The van der Waals surface area contributed by atoms with Crippen molar-refractivity contribution < 1.29 is 0 Å². The number of aliphatic imine (C=N–C) groups is 2. The highest BCUT2D eigenvalue weighted by atomic mass is 32.2. The van der Waals surface area contributed by atoms with Crippen LogP contribution in [0.25, 0.3) is 0 Å². The Hall–Kier alpha value is -3.48. The predicted octanol–water partition coefficient (Wildman–Crippen LogP) is 8.44. The number of thioether (sulfide) groups is 2. The zero-order chi connectivity index (χ0) is 24.0. The van der Waals surface area contributed by atoms with Crippen molar-refractivity contribution in [3.8, 4) is 0 Å². The minimum Gasteiger partial charge on any atom is -0.335 e. The maximum Gasteiger partial charge on any atom is 0.166 e. The fourth-order valence-corrected chi connectivity index (χ4v) is 4.99. The number of nitrogens with one attached hydrogen (secondary N) is 2. The quantitative estimate of drug-likeness (QED) is 0.146. The predicted molar refractivity (Wildman–Crippen MR) is 157 cm³/mol.